The summed E-state index contributed by atoms with van der Waals surface area (Å²) in [4.78, 5) is 37.4. The average Bonchev–Trinajstić information content (AvgIpc) is 3.41. The van der Waals surface area contributed by atoms with Crippen molar-refractivity contribution >= 4 is 40.3 Å². The number of rotatable bonds is 4. The van der Waals surface area contributed by atoms with Gasteiger partial charge in [0.2, 0.25) is 11.8 Å². The van der Waals surface area contributed by atoms with E-state index in [-0.39, 0.29) is 18.2 Å². The number of nitrogens with one attached hydrogen (secondary N) is 1. The summed E-state index contributed by atoms with van der Waals surface area (Å²) in [5, 5.41) is 3.86. The van der Waals surface area contributed by atoms with E-state index in [1.165, 1.54) is 10.9 Å². The van der Waals surface area contributed by atoms with Crippen molar-refractivity contribution in [3.05, 3.63) is 84.6 Å². The van der Waals surface area contributed by atoms with Gasteiger partial charge in [0.05, 0.1) is 17.6 Å². The minimum atomic E-state index is -0.476. The van der Waals surface area contributed by atoms with Crippen molar-refractivity contribution in [3.8, 4) is 0 Å². The molecule has 0 saturated carbocycles. The zero-order chi connectivity index (χ0) is 20.5. The van der Waals surface area contributed by atoms with Crippen LogP contribution in [0, 0.1) is 0 Å². The molecule has 0 saturated heterocycles. The predicted octanol–water partition coefficient (Wildman–Crippen LogP) is 3.75. The third-order valence-corrected chi connectivity index (χ3v) is 5.13. The first kappa shape index (κ1) is 17.9. The Hall–Kier alpha value is -4.13. The zero-order valence-electron chi connectivity index (χ0n) is 15.9. The molecule has 0 fully saturated rings. The second-order valence-corrected chi connectivity index (χ2v) is 7.05. The number of fused-ring (bicyclic) bond motifs is 3. The SMILES string of the molecule is O=C1Nc2ccc3ncccc3c2C1C=Nc1ccc(CC(=O)n2ccnc2)cc1. The Kier molecular flexibility index (Phi) is 4.40. The Labute approximate surface area is 172 Å². The second-order valence-electron chi connectivity index (χ2n) is 7.05. The maximum absolute atomic E-state index is 12.5. The highest BCUT2D eigenvalue weighted by Gasteiger charge is 2.31. The third-order valence-electron chi connectivity index (χ3n) is 5.13. The fraction of sp³-hybridized carbons (Fsp3) is 0.0870. The van der Waals surface area contributed by atoms with E-state index in [9.17, 15) is 9.59 Å². The van der Waals surface area contributed by atoms with Crippen LogP contribution in [0.4, 0.5) is 11.4 Å². The van der Waals surface area contributed by atoms with E-state index in [4.69, 9.17) is 0 Å². The summed E-state index contributed by atoms with van der Waals surface area (Å²) in [7, 11) is 0. The number of carbonyl (C=O) groups is 2. The quantitative estimate of drug-likeness (QED) is 0.533. The lowest BCUT2D eigenvalue weighted by Gasteiger charge is -2.07. The van der Waals surface area contributed by atoms with Gasteiger partial charge < -0.3 is 5.32 Å². The summed E-state index contributed by atoms with van der Waals surface area (Å²) < 4.78 is 1.46. The molecule has 0 bridgehead atoms. The third kappa shape index (κ3) is 3.26. The minimum Gasteiger partial charge on any atom is -0.325 e. The monoisotopic (exact) mass is 395 g/mol. The van der Waals surface area contributed by atoms with E-state index in [1.54, 1.807) is 24.8 Å². The number of hydrogen-bond acceptors (Lipinski definition) is 5. The van der Waals surface area contributed by atoms with Crippen molar-refractivity contribution in [1.82, 2.24) is 14.5 Å². The Balaban J connectivity index is 1.37. The van der Waals surface area contributed by atoms with E-state index >= 15 is 0 Å². The van der Waals surface area contributed by atoms with Crippen LogP contribution in [-0.2, 0) is 11.2 Å². The molecule has 1 atom stereocenters. The summed E-state index contributed by atoms with van der Waals surface area (Å²) in [5.41, 5.74) is 4.14. The van der Waals surface area contributed by atoms with Gasteiger partial charge in [0.25, 0.3) is 0 Å². The number of aromatic nitrogens is 3. The molecular weight excluding hydrogens is 378 g/mol. The van der Waals surface area contributed by atoms with E-state index < -0.39 is 5.92 Å². The highest BCUT2D eigenvalue weighted by atomic mass is 16.2. The molecule has 7 heteroatoms. The van der Waals surface area contributed by atoms with Crippen molar-refractivity contribution in [2.24, 2.45) is 4.99 Å². The first-order chi connectivity index (χ1) is 14.7. The van der Waals surface area contributed by atoms with Crippen LogP contribution >= 0.6 is 0 Å². The van der Waals surface area contributed by atoms with Gasteiger partial charge >= 0.3 is 0 Å². The van der Waals surface area contributed by atoms with Crippen molar-refractivity contribution in [1.29, 1.82) is 0 Å². The molecule has 1 N–H and O–H groups in total. The largest absolute Gasteiger partial charge is 0.325 e. The van der Waals surface area contributed by atoms with Gasteiger partial charge in [-0.05, 0) is 35.9 Å². The molecule has 1 amide bonds. The van der Waals surface area contributed by atoms with Crippen LogP contribution in [0.25, 0.3) is 10.9 Å². The van der Waals surface area contributed by atoms with Crippen molar-refractivity contribution in [2.75, 3.05) is 5.32 Å². The van der Waals surface area contributed by atoms with E-state index in [0.717, 1.165) is 27.7 Å². The molecule has 2 aromatic heterocycles. The summed E-state index contributed by atoms with van der Waals surface area (Å²) in [5.74, 6) is -0.633. The van der Waals surface area contributed by atoms with Gasteiger partial charge in [-0.3, -0.25) is 24.1 Å². The minimum absolute atomic E-state index is 0.0523. The van der Waals surface area contributed by atoms with Gasteiger partial charge in [0, 0.05) is 41.4 Å². The summed E-state index contributed by atoms with van der Waals surface area (Å²) >= 11 is 0. The Morgan fingerprint density at radius 1 is 1.13 bits per heavy atom. The maximum Gasteiger partial charge on any atom is 0.237 e. The van der Waals surface area contributed by atoms with Gasteiger partial charge in [0.1, 0.15) is 12.2 Å². The number of amides is 1. The Bertz CT molecular complexity index is 1280. The number of benzene rings is 2. The van der Waals surface area contributed by atoms with Crippen LogP contribution in [0.2, 0.25) is 0 Å². The molecule has 3 heterocycles. The number of aliphatic imine (C=N–C) groups is 1. The van der Waals surface area contributed by atoms with Gasteiger partial charge in [-0.1, -0.05) is 18.2 Å². The molecule has 30 heavy (non-hydrogen) atoms. The van der Waals surface area contributed by atoms with Crippen LogP contribution in [0.1, 0.15) is 21.8 Å². The smallest absolute Gasteiger partial charge is 0.237 e. The molecule has 4 aromatic rings. The molecule has 0 aliphatic carbocycles. The number of anilines is 1. The second kappa shape index (κ2) is 7.36. The lowest BCUT2D eigenvalue weighted by atomic mass is 9.97. The first-order valence-corrected chi connectivity index (χ1v) is 9.52. The van der Waals surface area contributed by atoms with Crippen molar-refractivity contribution in [2.45, 2.75) is 12.3 Å². The van der Waals surface area contributed by atoms with Crippen LogP contribution in [0.3, 0.4) is 0 Å². The number of hydrogen-bond donors (Lipinski definition) is 1. The number of pyridine rings is 1. The van der Waals surface area contributed by atoms with Crippen LogP contribution in [-0.4, -0.2) is 32.6 Å². The molecular formula is C23H17N5O2. The average molecular weight is 395 g/mol. The zero-order valence-corrected chi connectivity index (χ0v) is 15.9. The van der Waals surface area contributed by atoms with Crippen LogP contribution in [0.15, 0.2) is 78.4 Å². The van der Waals surface area contributed by atoms with Crippen molar-refractivity contribution in [3.63, 3.8) is 0 Å². The first-order valence-electron chi connectivity index (χ1n) is 9.52. The number of imidazole rings is 1. The lowest BCUT2D eigenvalue weighted by Crippen LogP contribution is -2.13. The molecule has 1 unspecified atom stereocenters. The highest BCUT2D eigenvalue weighted by molar-refractivity contribution is 6.16. The number of carbonyl (C=O) groups excluding carboxylic acids is 2. The standard InChI is InChI=1S/C23H17N5O2/c29-21(28-11-10-24-14-28)12-15-3-5-16(6-4-15)26-13-18-22-17-2-1-9-25-19(17)7-8-20(22)27-23(18)30/h1-11,13-14,18H,12H2,(H,27,30). The van der Waals surface area contributed by atoms with Gasteiger partial charge in [-0.15, -0.1) is 0 Å². The van der Waals surface area contributed by atoms with Crippen molar-refractivity contribution < 1.29 is 9.59 Å². The fourth-order valence-corrected chi connectivity index (χ4v) is 3.64. The molecule has 1 aliphatic rings. The van der Waals surface area contributed by atoms with E-state index in [1.807, 2.05) is 48.5 Å². The van der Waals surface area contributed by atoms with Gasteiger partial charge in [-0.2, -0.15) is 0 Å². The molecule has 0 radical (unpaired) electrons. The highest BCUT2D eigenvalue weighted by Crippen LogP contribution is 2.37. The van der Waals surface area contributed by atoms with Gasteiger partial charge in [0.15, 0.2) is 0 Å². The predicted molar refractivity (Wildman–Crippen MR) is 114 cm³/mol. The lowest BCUT2D eigenvalue weighted by molar-refractivity contribution is -0.115. The molecule has 5 rings (SSSR count). The number of nitrogens with zero attached hydrogens (tertiary/aromatic N) is 4. The van der Waals surface area contributed by atoms with Crippen LogP contribution in [0.5, 0.6) is 0 Å². The molecule has 146 valence electrons. The van der Waals surface area contributed by atoms with E-state index in [0.29, 0.717) is 5.69 Å². The Morgan fingerprint density at radius 2 is 2.00 bits per heavy atom. The summed E-state index contributed by atoms with van der Waals surface area (Å²) in [6, 6.07) is 15.0. The summed E-state index contributed by atoms with van der Waals surface area (Å²) in [6.45, 7) is 0. The summed E-state index contributed by atoms with van der Waals surface area (Å²) in [6.07, 6.45) is 8.37. The van der Waals surface area contributed by atoms with Crippen LogP contribution < -0.4 is 5.32 Å². The van der Waals surface area contributed by atoms with E-state index in [2.05, 4.69) is 20.3 Å². The van der Waals surface area contributed by atoms with Gasteiger partial charge in [-0.25, -0.2) is 4.98 Å². The normalized spacial score (nSPS) is 15.5. The fourth-order valence-electron chi connectivity index (χ4n) is 3.64. The topological polar surface area (TPSA) is 89.2 Å². The molecule has 0 spiro atoms. The molecule has 2 aromatic carbocycles. The molecule has 1 aliphatic heterocycles. The Morgan fingerprint density at radius 3 is 2.80 bits per heavy atom. The molecule has 7 nitrogen and oxygen atoms in total. The maximum atomic E-state index is 12.5.